The van der Waals surface area contributed by atoms with Crippen LogP contribution in [0.4, 0.5) is 5.69 Å². The molecule has 0 aliphatic heterocycles. The molecule has 0 saturated carbocycles. The first-order valence-electron chi connectivity index (χ1n) is 5.79. The first-order chi connectivity index (χ1) is 8.19. The lowest BCUT2D eigenvalue weighted by molar-refractivity contribution is 0.908. The third-order valence-corrected chi connectivity index (χ3v) is 4.63. The molecular formula is C14H16BrNS. The maximum absolute atomic E-state index is 3.51. The van der Waals surface area contributed by atoms with Crippen molar-refractivity contribution in [3.05, 3.63) is 50.6 Å². The highest BCUT2D eigenvalue weighted by atomic mass is 79.9. The summed E-state index contributed by atoms with van der Waals surface area (Å²) in [5.74, 6) is 0. The smallest absolute Gasteiger partial charge is 0.0578 e. The normalized spacial score (nSPS) is 12.4. The number of hydrogen-bond donors (Lipinski definition) is 1. The Hall–Kier alpha value is -0.800. The standard InChI is InChI=1S/C14H16BrNS/c1-3-13-8-9-14(17-13)10(2)16-12-6-4-11(15)5-7-12/h4-10,16H,3H2,1-2H3. The molecule has 0 fully saturated rings. The van der Waals surface area contributed by atoms with Gasteiger partial charge in [0.2, 0.25) is 0 Å². The number of anilines is 1. The van der Waals surface area contributed by atoms with Crippen LogP contribution in [0.2, 0.25) is 0 Å². The maximum atomic E-state index is 3.51. The number of halogens is 1. The zero-order valence-corrected chi connectivity index (χ0v) is 12.4. The summed E-state index contributed by atoms with van der Waals surface area (Å²) >= 11 is 5.34. The van der Waals surface area contributed by atoms with Gasteiger partial charge in [0.1, 0.15) is 0 Å². The van der Waals surface area contributed by atoms with Crippen LogP contribution >= 0.6 is 27.3 Å². The van der Waals surface area contributed by atoms with E-state index in [9.17, 15) is 0 Å². The van der Waals surface area contributed by atoms with Gasteiger partial charge in [0, 0.05) is 19.9 Å². The van der Waals surface area contributed by atoms with Gasteiger partial charge in [0.15, 0.2) is 0 Å². The van der Waals surface area contributed by atoms with Gasteiger partial charge in [-0.15, -0.1) is 11.3 Å². The molecule has 1 aromatic carbocycles. The van der Waals surface area contributed by atoms with Crippen LogP contribution in [0.15, 0.2) is 40.9 Å². The van der Waals surface area contributed by atoms with Gasteiger partial charge in [-0.2, -0.15) is 0 Å². The quantitative estimate of drug-likeness (QED) is 0.813. The van der Waals surface area contributed by atoms with Crippen molar-refractivity contribution in [3.8, 4) is 0 Å². The van der Waals surface area contributed by atoms with E-state index in [2.05, 4.69) is 71.5 Å². The monoisotopic (exact) mass is 309 g/mol. The Balaban J connectivity index is 2.05. The number of aryl methyl sites for hydroxylation is 1. The molecule has 1 N–H and O–H groups in total. The Kier molecular flexibility index (Phi) is 4.24. The van der Waals surface area contributed by atoms with E-state index in [-0.39, 0.29) is 0 Å². The molecule has 1 unspecified atom stereocenters. The molecule has 0 aliphatic rings. The molecule has 0 saturated heterocycles. The molecule has 1 heterocycles. The van der Waals surface area contributed by atoms with Crippen LogP contribution in [0.25, 0.3) is 0 Å². The minimum atomic E-state index is 0.362. The van der Waals surface area contributed by atoms with Crippen LogP contribution in [0.3, 0.4) is 0 Å². The van der Waals surface area contributed by atoms with E-state index >= 15 is 0 Å². The Bertz CT molecular complexity index is 475. The Morgan fingerprint density at radius 1 is 1.18 bits per heavy atom. The highest BCUT2D eigenvalue weighted by Gasteiger charge is 2.07. The summed E-state index contributed by atoms with van der Waals surface area (Å²) in [6.45, 7) is 4.40. The Morgan fingerprint density at radius 3 is 2.47 bits per heavy atom. The van der Waals surface area contributed by atoms with Gasteiger partial charge in [-0.25, -0.2) is 0 Å². The van der Waals surface area contributed by atoms with Gasteiger partial charge in [-0.3, -0.25) is 0 Å². The lowest BCUT2D eigenvalue weighted by atomic mass is 10.2. The summed E-state index contributed by atoms with van der Waals surface area (Å²) in [4.78, 5) is 2.84. The molecule has 1 aromatic heterocycles. The van der Waals surface area contributed by atoms with Crippen molar-refractivity contribution >= 4 is 33.0 Å². The number of hydrogen-bond acceptors (Lipinski definition) is 2. The van der Waals surface area contributed by atoms with E-state index in [1.807, 2.05) is 11.3 Å². The summed E-state index contributed by atoms with van der Waals surface area (Å²) in [5, 5.41) is 3.51. The van der Waals surface area contributed by atoms with Gasteiger partial charge in [0.05, 0.1) is 6.04 Å². The van der Waals surface area contributed by atoms with Crippen molar-refractivity contribution in [1.82, 2.24) is 0 Å². The zero-order chi connectivity index (χ0) is 12.3. The molecule has 3 heteroatoms. The first kappa shape index (κ1) is 12.7. The van der Waals surface area contributed by atoms with Crippen molar-refractivity contribution in [1.29, 1.82) is 0 Å². The van der Waals surface area contributed by atoms with E-state index in [0.717, 1.165) is 16.6 Å². The van der Waals surface area contributed by atoms with Crippen LogP contribution in [-0.4, -0.2) is 0 Å². The fourth-order valence-corrected chi connectivity index (χ4v) is 2.90. The van der Waals surface area contributed by atoms with Gasteiger partial charge in [-0.1, -0.05) is 22.9 Å². The van der Waals surface area contributed by atoms with E-state index in [4.69, 9.17) is 0 Å². The second kappa shape index (κ2) is 5.69. The van der Waals surface area contributed by atoms with Crippen molar-refractivity contribution in [2.75, 3.05) is 5.32 Å². The summed E-state index contributed by atoms with van der Waals surface area (Å²) in [5.41, 5.74) is 1.16. The SMILES string of the molecule is CCc1ccc(C(C)Nc2ccc(Br)cc2)s1. The number of thiophene rings is 1. The average Bonchev–Trinajstić information content (AvgIpc) is 2.81. The fourth-order valence-electron chi connectivity index (χ4n) is 1.68. The molecule has 0 bridgehead atoms. The van der Waals surface area contributed by atoms with E-state index in [1.54, 1.807) is 0 Å². The predicted molar refractivity (Wildman–Crippen MR) is 79.9 cm³/mol. The average molecular weight is 310 g/mol. The molecule has 1 nitrogen and oxygen atoms in total. The molecular weight excluding hydrogens is 294 g/mol. The first-order valence-corrected chi connectivity index (χ1v) is 7.40. The maximum Gasteiger partial charge on any atom is 0.0578 e. The predicted octanol–water partition coefficient (Wildman–Crippen LogP) is 5.25. The van der Waals surface area contributed by atoms with Crippen LogP contribution < -0.4 is 5.32 Å². The molecule has 0 aliphatic carbocycles. The minimum Gasteiger partial charge on any atom is -0.378 e. The van der Waals surface area contributed by atoms with Gasteiger partial charge >= 0.3 is 0 Å². The molecule has 0 amide bonds. The van der Waals surface area contributed by atoms with Gasteiger partial charge in [0.25, 0.3) is 0 Å². The molecule has 2 aromatic rings. The summed E-state index contributed by atoms with van der Waals surface area (Å²) < 4.78 is 1.11. The largest absolute Gasteiger partial charge is 0.378 e. The van der Waals surface area contributed by atoms with E-state index in [1.165, 1.54) is 9.75 Å². The molecule has 90 valence electrons. The molecule has 2 rings (SSSR count). The van der Waals surface area contributed by atoms with Crippen LogP contribution in [0.5, 0.6) is 0 Å². The van der Waals surface area contributed by atoms with Gasteiger partial charge < -0.3 is 5.32 Å². The lowest BCUT2D eigenvalue weighted by Gasteiger charge is -2.13. The molecule has 0 spiro atoms. The van der Waals surface area contributed by atoms with Gasteiger partial charge in [-0.05, 0) is 49.7 Å². The van der Waals surface area contributed by atoms with Crippen molar-refractivity contribution in [2.45, 2.75) is 26.3 Å². The van der Waals surface area contributed by atoms with Crippen LogP contribution in [0, 0.1) is 0 Å². The summed E-state index contributed by atoms with van der Waals surface area (Å²) in [6.07, 6.45) is 1.12. The second-order valence-electron chi connectivity index (χ2n) is 4.03. The number of rotatable bonds is 4. The molecule has 0 radical (unpaired) electrons. The van der Waals surface area contributed by atoms with E-state index in [0.29, 0.717) is 6.04 Å². The third kappa shape index (κ3) is 3.33. The second-order valence-corrected chi connectivity index (χ2v) is 6.15. The minimum absolute atomic E-state index is 0.362. The van der Waals surface area contributed by atoms with Crippen molar-refractivity contribution in [3.63, 3.8) is 0 Å². The Labute approximate surface area is 115 Å². The molecule has 17 heavy (non-hydrogen) atoms. The Morgan fingerprint density at radius 2 is 1.88 bits per heavy atom. The van der Waals surface area contributed by atoms with Crippen LogP contribution in [0.1, 0.15) is 29.6 Å². The zero-order valence-electron chi connectivity index (χ0n) is 10.0. The number of benzene rings is 1. The van der Waals surface area contributed by atoms with Crippen molar-refractivity contribution < 1.29 is 0 Å². The highest BCUT2D eigenvalue weighted by Crippen LogP contribution is 2.26. The highest BCUT2D eigenvalue weighted by molar-refractivity contribution is 9.10. The molecule has 1 atom stereocenters. The third-order valence-electron chi connectivity index (χ3n) is 2.69. The topological polar surface area (TPSA) is 12.0 Å². The fraction of sp³-hybridized carbons (Fsp3) is 0.286. The van der Waals surface area contributed by atoms with Crippen molar-refractivity contribution in [2.24, 2.45) is 0 Å². The van der Waals surface area contributed by atoms with E-state index < -0.39 is 0 Å². The lowest BCUT2D eigenvalue weighted by Crippen LogP contribution is -2.04. The number of nitrogens with one attached hydrogen (secondary N) is 1. The van der Waals surface area contributed by atoms with Crippen LogP contribution in [-0.2, 0) is 6.42 Å². The summed E-state index contributed by atoms with van der Waals surface area (Å²) in [6, 6.07) is 13.1. The summed E-state index contributed by atoms with van der Waals surface area (Å²) in [7, 11) is 0.